The summed E-state index contributed by atoms with van der Waals surface area (Å²) in [6.45, 7) is 12.5. The van der Waals surface area contributed by atoms with Gasteiger partial charge in [0, 0.05) is 12.1 Å². The summed E-state index contributed by atoms with van der Waals surface area (Å²) in [5.74, 6) is 0.899. The van der Waals surface area contributed by atoms with Gasteiger partial charge in [0.2, 0.25) is 0 Å². The molecule has 0 aliphatic rings. The molecule has 1 atom stereocenters. The first-order valence-corrected chi connectivity index (χ1v) is 9.56. The molecular weight excluding hydrogens is 350 g/mol. The Morgan fingerprint density at radius 3 is 2.39 bits per heavy atom. The predicted octanol–water partition coefficient (Wildman–Crippen LogP) is 5.27. The molecule has 0 aliphatic heterocycles. The second-order valence-electron chi connectivity index (χ2n) is 7.43. The van der Waals surface area contributed by atoms with Gasteiger partial charge in [0.1, 0.15) is 5.76 Å². The summed E-state index contributed by atoms with van der Waals surface area (Å²) in [6.07, 6.45) is 4.33. The Balaban J connectivity index is 2.08. The SMILES string of the molecule is COc1oc(C(C)NC/C(C)=C\C(C)=C\c2ccc(C)cc2)c(C)c(=O)c1C. The minimum atomic E-state index is -0.105. The molecule has 28 heavy (non-hydrogen) atoms. The van der Waals surface area contributed by atoms with Gasteiger partial charge in [0.05, 0.1) is 18.7 Å². The van der Waals surface area contributed by atoms with E-state index in [-0.39, 0.29) is 17.4 Å². The Hall–Kier alpha value is -2.59. The van der Waals surface area contributed by atoms with Crippen molar-refractivity contribution in [3.63, 3.8) is 0 Å². The second kappa shape index (κ2) is 9.56. The zero-order chi connectivity index (χ0) is 20.8. The first kappa shape index (κ1) is 21.7. The third kappa shape index (κ3) is 5.46. The molecular formula is C24H31NO3. The van der Waals surface area contributed by atoms with Crippen LogP contribution in [0.4, 0.5) is 0 Å². The van der Waals surface area contributed by atoms with Crippen LogP contribution in [-0.2, 0) is 0 Å². The number of hydrogen-bond acceptors (Lipinski definition) is 4. The van der Waals surface area contributed by atoms with E-state index in [9.17, 15) is 4.79 Å². The van der Waals surface area contributed by atoms with Gasteiger partial charge in [-0.25, -0.2) is 0 Å². The molecule has 1 aromatic carbocycles. The van der Waals surface area contributed by atoms with Crippen molar-refractivity contribution >= 4 is 6.08 Å². The summed E-state index contributed by atoms with van der Waals surface area (Å²) in [4.78, 5) is 12.4. The van der Waals surface area contributed by atoms with Crippen molar-refractivity contribution in [2.24, 2.45) is 0 Å². The highest BCUT2D eigenvalue weighted by Crippen LogP contribution is 2.23. The molecule has 2 aromatic rings. The number of hydrogen-bond donors (Lipinski definition) is 1. The third-order valence-electron chi connectivity index (χ3n) is 4.77. The van der Waals surface area contributed by atoms with E-state index >= 15 is 0 Å². The Kier molecular flexibility index (Phi) is 7.41. The van der Waals surface area contributed by atoms with E-state index in [1.165, 1.54) is 29.4 Å². The van der Waals surface area contributed by atoms with Gasteiger partial charge in [-0.05, 0) is 47.1 Å². The Morgan fingerprint density at radius 1 is 1.14 bits per heavy atom. The molecule has 0 fully saturated rings. The van der Waals surface area contributed by atoms with Crippen molar-refractivity contribution in [1.82, 2.24) is 5.32 Å². The third-order valence-corrected chi connectivity index (χ3v) is 4.77. The molecule has 1 heterocycles. The van der Waals surface area contributed by atoms with Gasteiger partial charge in [-0.3, -0.25) is 4.79 Å². The fourth-order valence-corrected chi connectivity index (χ4v) is 3.16. The van der Waals surface area contributed by atoms with Crippen LogP contribution in [0.2, 0.25) is 0 Å². The molecule has 4 heteroatoms. The van der Waals surface area contributed by atoms with Gasteiger partial charge in [-0.2, -0.15) is 0 Å². The predicted molar refractivity (Wildman–Crippen MR) is 116 cm³/mol. The van der Waals surface area contributed by atoms with E-state index in [4.69, 9.17) is 9.15 Å². The van der Waals surface area contributed by atoms with Gasteiger partial charge in [-0.1, -0.05) is 53.1 Å². The van der Waals surface area contributed by atoms with Crippen LogP contribution >= 0.6 is 0 Å². The molecule has 0 radical (unpaired) electrons. The highest BCUT2D eigenvalue weighted by Gasteiger charge is 2.18. The number of ether oxygens (including phenoxy) is 1. The molecule has 150 valence electrons. The van der Waals surface area contributed by atoms with Crippen LogP contribution in [0, 0.1) is 20.8 Å². The van der Waals surface area contributed by atoms with E-state index in [1.54, 1.807) is 13.8 Å². The van der Waals surface area contributed by atoms with Crippen LogP contribution in [0.1, 0.15) is 54.8 Å². The topological polar surface area (TPSA) is 51.5 Å². The van der Waals surface area contributed by atoms with E-state index in [0.717, 1.165) is 0 Å². The van der Waals surface area contributed by atoms with Gasteiger partial charge < -0.3 is 14.5 Å². The van der Waals surface area contributed by atoms with Gasteiger partial charge >= 0.3 is 0 Å². The first-order chi connectivity index (χ1) is 13.2. The van der Waals surface area contributed by atoms with Crippen LogP contribution in [-0.4, -0.2) is 13.7 Å². The Morgan fingerprint density at radius 2 is 1.79 bits per heavy atom. The van der Waals surface area contributed by atoms with Crippen LogP contribution in [0.25, 0.3) is 6.08 Å². The summed E-state index contributed by atoms with van der Waals surface area (Å²) in [5.41, 5.74) is 5.93. The maximum Gasteiger partial charge on any atom is 0.291 e. The van der Waals surface area contributed by atoms with Gasteiger partial charge in [0.25, 0.3) is 5.95 Å². The van der Waals surface area contributed by atoms with Crippen molar-refractivity contribution < 1.29 is 9.15 Å². The molecule has 0 spiro atoms. The van der Waals surface area contributed by atoms with Crippen molar-refractivity contribution in [2.45, 2.75) is 47.6 Å². The average Bonchev–Trinajstić information content (AvgIpc) is 2.66. The smallest absolute Gasteiger partial charge is 0.291 e. The van der Waals surface area contributed by atoms with E-state index in [1.807, 2.05) is 6.92 Å². The molecule has 0 aliphatic carbocycles. The summed E-state index contributed by atoms with van der Waals surface area (Å²) >= 11 is 0. The molecule has 1 N–H and O–H groups in total. The summed E-state index contributed by atoms with van der Waals surface area (Å²) in [7, 11) is 1.51. The minimum Gasteiger partial charge on any atom is -0.468 e. The maximum atomic E-state index is 12.4. The van der Waals surface area contributed by atoms with Crippen molar-refractivity contribution in [3.05, 3.63) is 79.7 Å². The number of aryl methyl sites for hydroxylation is 1. The summed E-state index contributed by atoms with van der Waals surface area (Å²) < 4.78 is 11.0. The monoisotopic (exact) mass is 381 g/mol. The molecule has 1 unspecified atom stereocenters. The fourth-order valence-electron chi connectivity index (χ4n) is 3.16. The van der Waals surface area contributed by atoms with Crippen molar-refractivity contribution in [3.8, 4) is 5.95 Å². The lowest BCUT2D eigenvalue weighted by Crippen LogP contribution is -2.24. The van der Waals surface area contributed by atoms with Crippen molar-refractivity contribution in [1.29, 1.82) is 0 Å². The lowest BCUT2D eigenvalue weighted by molar-refractivity contribution is 0.268. The van der Waals surface area contributed by atoms with Crippen LogP contribution in [0.5, 0.6) is 5.95 Å². The number of benzene rings is 1. The number of nitrogens with one attached hydrogen (secondary N) is 1. The normalized spacial score (nSPS) is 13.5. The quantitative estimate of drug-likeness (QED) is 0.664. The Bertz CT molecular complexity index is 934. The van der Waals surface area contributed by atoms with Crippen LogP contribution in [0.3, 0.4) is 0 Å². The van der Waals surface area contributed by atoms with E-state index in [2.05, 4.69) is 62.5 Å². The Labute approximate surface area is 167 Å². The number of methoxy groups -OCH3 is 1. The standard InChI is InChI=1S/C24H31NO3/c1-15-8-10-21(11-9-15)13-16(2)12-17(3)14-25-20(6)23-18(4)22(26)19(5)24(27-7)28-23/h8-13,20,25H,14H2,1-7H3/b16-13+,17-12-. The summed E-state index contributed by atoms with van der Waals surface area (Å²) in [5, 5.41) is 3.43. The molecule has 1 aromatic heterocycles. The van der Waals surface area contributed by atoms with Crippen molar-refractivity contribution in [2.75, 3.05) is 13.7 Å². The lowest BCUT2D eigenvalue weighted by atomic mass is 10.1. The van der Waals surface area contributed by atoms with Crippen LogP contribution in [0.15, 0.2) is 50.7 Å². The number of allylic oxidation sites excluding steroid dienone is 2. The van der Waals surface area contributed by atoms with Crippen LogP contribution < -0.4 is 15.5 Å². The molecule has 2 rings (SSSR count). The minimum absolute atomic E-state index is 0.0316. The summed E-state index contributed by atoms with van der Waals surface area (Å²) in [6, 6.07) is 8.37. The fraction of sp³-hybridized carbons (Fsp3) is 0.375. The zero-order valence-corrected chi connectivity index (χ0v) is 18.0. The highest BCUT2D eigenvalue weighted by molar-refractivity contribution is 5.55. The first-order valence-electron chi connectivity index (χ1n) is 9.56. The van der Waals surface area contributed by atoms with E-state index in [0.29, 0.717) is 23.4 Å². The van der Waals surface area contributed by atoms with E-state index < -0.39 is 0 Å². The molecule has 0 amide bonds. The van der Waals surface area contributed by atoms with Gasteiger partial charge in [-0.15, -0.1) is 0 Å². The lowest BCUT2D eigenvalue weighted by Gasteiger charge is -2.17. The largest absolute Gasteiger partial charge is 0.468 e. The number of rotatable bonds is 7. The maximum absolute atomic E-state index is 12.4. The molecule has 0 saturated carbocycles. The highest BCUT2D eigenvalue weighted by atomic mass is 16.6. The zero-order valence-electron chi connectivity index (χ0n) is 18.0. The second-order valence-corrected chi connectivity index (χ2v) is 7.43. The molecule has 4 nitrogen and oxygen atoms in total. The molecule has 0 bridgehead atoms. The average molecular weight is 382 g/mol. The van der Waals surface area contributed by atoms with Gasteiger partial charge in [0.15, 0.2) is 5.43 Å². The molecule has 0 saturated heterocycles.